The van der Waals surface area contributed by atoms with Crippen LogP contribution < -0.4 is 9.80 Å². The molecule has 3 aliphatic rings. The maximum Gasteiger partial charge on any atom is 0.0618 e. The first-order valence-electron chi connectivity index (χ1n) is 25.4. The molecular weight excluding hydrogens is 845 g/mol. The monoisotopic (exact) mass is 898 g/mol. The van der Waals surface area contributed by atoms with Crippen LogP contribution in [0.4, 0.5) is 28.4 Å². The molecule has 0 saturated heterocycles. The van der Waals surface area contributed by atoms with Crippen LogP contribution in [0.5, 0.6) is 0 Å². The van der Waals surface area contributed by atoms with Gasteiger partial charge in [-0.1, -0.05) is 196 Å². The van der Waals surface area contributed by atoms with Gasteiger partial charge in [-0.05, 0) is 151 Å². The minimum absolute atomic E-state index is 0.0992. The largest absolute Gasteiger partial charge is 0.338 e. The summed E-state index contributed by atoms with van der Waals surface area (Å²) >= 11 is 0. The van der Waals surface area contributed by atoms with Crippen molar-refractivity contribution in [2.45, 2.75) is 63.8 Å². The Morgan fingerprint density at radius 2 is 1.00 bits per heavy atom. The molecule has 11 aromatic carbocycles. The Bertz CT molecular complexity index is 3840. The average molecular weight is 899 g/mol. The summed E-state index contributed by atoms with van der Waals surface area (Å²) in [5.41, 5.74) is 19.4. The van der Waals surface area contributed by atoms with Crippen LogP contribution in [0.25, 0.3) is 76.5 Å². The lowest BCUT2D eigenvalue weighted by atomic mass is 9.79. The normalized spacial score (nSPS) is 16.6. The van der Waals surface area contributed by atoms with Gasteiger partial charge in [0.2, 0.25) is 0 Å². The van der Waals surface area contributed by atoms with Crippen LogP contribution in [-0.4, -0.2) is 6.04 Å². The van der Waals surface area contributed by atoms with Crippen molar-refractivity contribution in [1.82, 2.24) is 0 Å². The number of fused-ring (bicyclic) bond motifs is 10. The number of aryl methyl sites for hydroxylation is 1. The summed E-state index contributed by atoms with van der Waals surface area (Å²) in [7, 11) is 0. The van der Waals surface area contributed by atoms with Gasteiger partial charge < -0.3 is 9.80 Å². The molecule has 2 aliphatic carbocycles. The first-order chi connectivity index (χ1) is 34.4. The van der Waals surface area contributed by atoms with E-state index >= 15 is 0 Å². The second-order valence-electron chi connectivity index (χ2n) is 20.7. The van der Waals surface area contributed by atoms with Crippen molar-refractivity contribution in [2.24, 2.45) is 0 Å². The molecule has 0 amide bonds. The van der Waals surface area contributed by atoms with Crippen LogP contribution in [0.2, 0.25) is 0 Å². The predicted molar refractivity (Wildman–Crippen MR) is 298 cm³/mol. The standard InChI is InChI=1S/C68H54N2/c1-43-33-39-56-59(41-43)66(53-25-8-7-24-52(53)64(56)44-34-40-49-48-21-13-16-30-60(48)68(2,3)61(49)42-44)65-54-26-9-11-28-57(54)67(58-29-12-10-27-55(58)65)69(45-19-5-4-6-20-45)46-35-37-47(38-36-46)70-62-31-17-14-22-50(62)51-23-15-18-32-63(51)70/h4-14,16-17,19-22,24-31,33-42,51,63H,15,18,23,32H2,1-3H3. The van der Waals surface area contributed by atoms with Gasteiger partial charge in [0.1, 0.15) is 0 Å². The fraction of sp³-hybridized carbons (Fsp3) is 0.147. The summed E-state index contributed by atoms with van der Waals surface area (Å²) in [4.78, 5) is 5.16. The van der Waals surface area contributed by atoms with E-state index in [4.69, 9.17) is 0 Å². The van der Waals surface area contributed by atoms with E-state index < -0.39 is 0 Å². The van der Waals surface area contributed by atoms with E-state index in [9.17, 15) is 0 Å². The molecule has 11 aromatic rings. The highest BCUT2D eigenvalue weighted by molar-refractivity contribution is 6.30. The molecule has 1 aliphatic heterocycles. The molecule has 1 fully saturated rings. The molecule has 1 saturated carbocycles. The van der Waals surface area contributed by atoms with Crippen molar-refractivity contribution in [1.29, 1.82) is 0 Å². The molecule has 0 radical (unpaired) electrons. The zero-order valence-electron chi connectivity index (χ0n) is 40.1. The minimum Gasteiger partial charge on any atom is -0.338 e. The quantitative estimate of drug-likeness (QED) is 0.153. The molecule has 2 atom stereocenters. The summed E-state index contributed by atoms with van der Waals surface area (Å²) in [6, 6.07) is 81.0. The average Bonchev–Trinajstić information content (AvgIpc) is 3.86. The fourth-order valence-electron chi connectivity index (χ4n) is 13.4. The van der Waals surface area contributed by atoms with Gasteiger partial charge in [-0.2, -0.15) is 0 Å². The molecule has 0 N–H and O–H groups in total. The van der Waals surface area contributed by atoms with Crippen molar-refractivity contribution >= 4 is 71.5 Å². The molecule has 0 bridgehead atoms. The number of nitrogens with zero attached hydrogens (tertiary/aromatic N) is 2. The SMILES string of the molecule is Cc1ccc2c(-c3ccc4c(c3)C(C)(C)c3ccccc3-4)c3ccccc3c(-c3c4ccccc4c(N(c4ccccc4)c4ccc(N5c6ccccc6C6CCCCC65)cc4)c4ccccc34)c2c1. The van der Waals surface area contributed by atoms with Gasteiger partial charge in [-0.3, -0.25) is 0 Å². The van der Waals surface area contributed by atoms with Gasteiger partial charge in [-0.25, -0.2) is 0 Å². The summed E-state index contributed by atoms with van der Waals surface area (Å²) in [5.74, 6) is 0.598. The van der Waals surface area contributed by atoms with Crippen molar-refractivity contribution in [2.75, 3.05) is 9.80 Å². The summed E-state index contributed by atoms with van der Waals surface area (Å²) in [6.07, 6.45) is 5.11. The van der Waals surface area contributed by atoms with Crippen LogP contribution in [0, 0.1) is 6.92 Å². The van der Waals surface area contributed by atoms with E-state index in [2.05, 4.69) is 243 Å². The van der Waals surface area contributed by atoms with E-state index in [0.29, 0.717) is 12.0 Å². The maximum atomic E-state index is 2.65. The first kappa shape index (κ1) is 41.1. The van der Waals surface area contributed by atoms with Crippen LogP contribution in [0.3, 0.4) is 0 Å². The highest BCUT2D eigenvalue weighted by atomic mass is 15.2. The third kappa shape index (κ3) is 6.05. The van der Waals surface area contributed by atoms with Crippen LogP contribution in [-0.2, 0) is 5.41 Å². The lowest BCUT2D eigenvalue weighted by Gasteiger charge is -2.34. The van der Waals surface area contributed by atoms with Gasteiger partial charge in [-0.15, -0.1) is 0 Å². The Morgan fingerprint density at radius 3 is 1.74 bits per heavy atom. The van der Waals surface area contributed by atoms with Gasteiger partial charge in [0, 0.05) is 50.9 Å². The Morgan fingerprint density at radius 1 is 0.443 bits per heavy atom. The second kappa shape index (κ2) is 15.8. The van der Waals surface area contributed by atoms with Gasteiger partial charge in [0.05, 0.1) is 5.69 Å². The molecule has 2 nitrogen and oxygen atoms in total. The molecule has 0 spiro atoms. The molecule has 336 valence electrons. The van der Waals surface area contributed by atoms with Crippen molar-refractivity contribution in [3.8, 4) is 33.4 Å². The Kier molecular flexibility index (Phi) is 9.27. The lowest BCUT2D eigenvalue weighted by Crippen LogP contribution is -2.32. The van der Waals surface area contributed by atoms with Crippen LogP contribution >= 0.6 is 0 Å². The Hall–Kier alpha value is -7.94. The molecule has 14 rings (SSSR count). The molecule has 1 heterocycles. The smallest absolute Gasteiger partial charge is 0.0618 e. The van der Waals surface area contributed by atoms with Gasteiger partial charge >= 0.3 is 0 Å². The number of rotatable bonds is 6. The third-order valence-corrected chi connectivity index (χ3v) is 16.5. The van der Waals surface area contributed by atoms with Crippen molar-refractivity contribution < 1.29 is 0 Å². The van der Waals surface area contributed by atoms with E-state index in [0.717, 1.165) is 11.4 Å². The zero-order valence-corrected chi connectivity index (χ0v) is 40.1. The predicted octanol–water partition coefficient (Wildman–Crippen LogP) is 18.9. The number of hydrogen-bond acceptors (Lipinski definition) is 2. The maximum absolute atomic E-state index is 2.65. The Balaban J connectivity index is 0.995. The van der Waals surface area contributed by atoms with E-state index in [1.54, 1.807) is 0 Å². The van der Waals surface area contributed by atoms with Crippen molar-refractivity contribution in [3.63, 3.8) is 0 Å². The van der Waals surface area contributed by atoms with E-state index in [1.165, 1.54) is 141 Å². The van der Waals surface area contributed by atoms with Crippen LogP contribution in [0.1, 0.15) is 67.7 Å². The number of anilines is 5. The van der Waals surface area contributed by atoms with E-state index in [1.807, 2.05) is 0 Å². The highest BCUT2D eigenvalue weighted by Gasteiger charge is 2.40. The fourth-order valence-corrected chi connectivity index (χ4v) is 13.4. The lowest BCUT2D eigenvalue weighted by molar-refractivity contribution is 0.402. The minimum atomic E-state index is -0.0992. The van der Waals surface area contributed by atoms with Crippen molar-refractivity contribution in [3.05, 3.63) is 235 Å². The third-order valence-electron chi connectivity index (χ3n) is 16.5. The highest BCUT2D eigenvalue weighted by Crippen LogP contribution is 2.55. The Labute approximate surface area is 411 Å². The number of benzene rings is 11. The number of hydrogen-bond donors (Lipinski definition) is 0. The summed E-state index contributed by atoms with van der Waals surface area (Å²) < 4.78 is 0. The summed E-state index contributed by atoms with van der Waals surface area (Å²) in [5, 5.41) is 10.0. The van der Waals surface area contributed by atoms with Gasteiger partial charge in [0.15, 0.2) is 0 Å². The second-order valence-corrected chi connectivity index (χ2v) is 20.7. The molecule has 0 aromatic heterocycles. The van der Waals surface area contributed by atoms with Gasteiger partial charge in [0.25, 0.3) is 0 Å². The van der Waals surface area contributed by atoms with Crippen LogP contribution in [0.15, 0.2) is 212 Å². The molecular formula is C68H54N2. The number of para-hydroxylation sites is 2. The van der Waals surface area contributed by atoms with E-state index in [-0.39, 0.29) is 5.41 Å². The molecule has 2 heteroatoms. The zero-order chi connectivity index (χ0) is 46.7. The molecule has 2 unspecified atom stereocenters. The topological polar surface area (TPSA) is 6.48 Å². The molecule has 70 heavy (non-hydrogen) atoms. The summed E-state index contributed by atoms with van der Waals surface area (Å²) in [6.45, 7) is 7.01. The first-order valence-corrected chi connectivity index (χ1v) is 25.4.